The van der Waals surface area contributed by atoms with E-state index < -0.39 is 6.10 Å². The number of aryl methyl sites for hydroxylation is 1. The minimum absolute atomic E-state index is 0.266. The lowest BCUT2D eigenvalue weighted by Gasteiger charge is -2.11. The summed E-state index contributed by atoms with van der Waals surface area (Å²) in [7, 11) is 1.57. The molecule has 0 aliphatic heterocycles. The molecule has 2 aromatic heterocycles. The van der Waals surface area contributed by atoms with E-state index >= 15 is 0 Å². The maximum Gasteiger partial charge on any atom is 0.223 e. The SMILES string of the molecule is CCc1cc2c(NCCC(O)COC)nc(N)nc2s1. The van der Waals surface area contributed by atoms with Crippen molar-refractivity contribution in [2.75, 3.05) is 31.3 Å². The number of ether oxygens (including phenoxy) is 1. The Morgan fingerprint density at radius 1 is 1.50 bits per heavy atom. The van der Waals surface area contributed by atoms with E-state index in [0.717, 1.165) is 22.5 Å². The lowest BCUT2D eigenvalue weighted by Crippen LogP contribution is -2.18. The summed E-state index contributed by atoms with van der Waals surface area (Å²) >= 11 is 1.63. The summed E-state index contributed by atoms with van der Waals surface area (Å²) in [5.74, 6) is 0.995. The summed E-state index contributed by atoms with van der Waals surface area (Å²) in [5, 5.41) is 13.8. The highest BCUT2D eigenvalue weighted by molar-refractivity contribution is 7.18. The maximum absolute atomic E-state index is 9.62. The van der Waals surface area contributed by atoms with E-state index in [0.29, 0.717) is 19.6 Å². The minimum atomic E-state index is -0.476. The number of anilines is 2. The molecule has 0 amide bonds. The molecule has 2 heterocycles. The van der Waals surface area contributed by atoms with Gasteiger partial charge in [0.25, 0.3) is 0 Å². The highest BCUT2D eigenvalue weighted by Gasteiger charge is 2.10. The Hall–Kier alpha value is -1.44. The maximum atomic E-state index is 9.62. The van der Waals surface area contributed by atoms with Crippen LogP contribution in [0.4, 0.5) is 11.8 Å². The number of rotatable bonds is 7. The summed E-state index contributed by atoms with van der Waals surface area (Å²) in [4.78, 5) is 10.6. The highest BCUT2D eigenvalue weighted by Crippen LogP contribution is 2.29. The zero-order valence-corrected chi connectivity index (χ0v) is 12.5. The van der Waals surface area contributed by atoms with Crippen molar-refractivity contribution >= 4 is 33.3 Å². The smallest absolute Gasteiger partial charge is 0.223 e. The van der Waals surface area contributed by atoms with E-state index in [-0.39, 0.29) is 5.95 Å². The molecule has 1 unspecified atom stereocenters. The third-order valence-corrected chi connectivity index (χ3v) is 4.11. The van der Waals surface area contributed by atoms with Gasteiger partial charge < -0.3 is 20.9 Å². The van der Waals surface area contributed by atoms with Crippen LogP contribution in [0.25, 0.3) is 10.2 Å². The molecule has 0 aromatic carbocycles. The summed E-state index contributed by atoms with van der Waals surface area (Å²) in [5.41, 5.74) is 5.73. The van der Waals surface area contributed by atoms with Crippen molar-refractivity contribution in [3.63, 3.8) is 0 Å². The van der Waals surface area contributed by atoms with Crippen LogP contribution in [0.2, 0.25) is 0 Å². The van der Waals surface area contributed by atoms with Crippen LogP contribution in [0.15, 0.2) is 6.07 Å². The molecule has 6 nitrogen and oxygen atoms in total. The monoisotopic (exact) mass is 296 g/mol. The van der Waals surface area contributed by atoms with Gasteiger partial charge in [0.15, 0.2) is 0 Å². The van der Waals surface area contributed by atoms with Gasteiger partial charge in [-0.25, -0.2) is 4.98 Å². The second-order valence-electron chi connectivity index (χ2n) is 4.54. The van der Waals surface area contributed by atoms with Gasteiger partial charge >= 0.3 is 0 Å². The van der Waals surface area contributed by atoms with Crippen molar-refractivity contribution in [2.45, 2.75) is 25.9 Å². The summed E-state index contributed by atoms with van der Waals surface area (Å²) < 4.78 is 4.89. The Morgan fingerprint density at radius 2 is 2.30 bits per heavy atom. The van der Waals surface area contributed by atoms with Crippen molar-refractivity contribution in [3.05, 3.63) is 10.9 Å². The van der Waals surface area contributed by atoms with Gasteiger partial charge in [0.05, 0.1) is 18.1 Å². The van der Waals surface area contributed by atoms with Gasteiger partial charge in [-0.2, -0.15) is 4.98 Å². The molecule has 20 heavy (non-hydrogen) atoms. The average Bonchev–Trinajstić information content (AvgIpc) is 2.82. The molecule has 7 heteroatoms. The zero-order valence-electron chi connectivity index (χ0n) is 11.7. The molecule has 2 rings (SSSR count). The van der Waals surface area contributed by atoms with Crippen molar-refractivity contribution in [2.24, 2.45) is 0 Å². The Labute approximate surface area is 122 Å². The first-order valence-corrected chi connectivity index (χ1v) is 7.42. The predicted molar refractivity (Wildman–Crippen MR) is 82.2 cm³/mol. The molecular weight excluding hydrogens is 276 g/mol. The molecule has 0 aliphatic rings. The second kappa shape index (κ2) is 6.83. The zero-order chi connectivity index (χ0) is 14.5. The number of aliphatic hydroxyl groups excluding tert-OH is 1. The minimum Gasteiger partial charge on any atom is -0.391 e. The van der Waals surface area contributed by atoms with Gasteiger partial charge in [-0.1, -0.05) is 6.92 Å². The van der Waals surface area contributed by atoms with Crippen LogP contribution in [-0.2, 0) is 11.2 Å². The quantitative estimate of drug-likeness (QED) is 0.719. The molecule has 0 radical (unpaired) electrons. The molecule has 0 saturated carbocycles. The Morgan fingerprint density at radius 3 is 3.00 bits per heavy atom. The Kier molecular flexibility index (Phi) is 5.11. The van der Waals surface area contributed by atoms with E-state index in [4.69, 9.17) is 10.5 Å². The number of nitrogen functional groups attached to an aromatic ring is 1. The van der Waals surface area contributed by atoms with Crippen LogP contribution < -0.4 is 11.1 Å². The first-order chi connectivity index (χ1) is 9.63. The fourth-order valence-corrected chi connectivity index (χ4v) is 2.90. The number of aliphatic hydroxyl groups is 1. The number of hydrogen-bond donors (Lipinski definition) is 3. The fourth-order valence-electron chi connectivity index (χ4n) is 1.93. The molecule has 0 saturated heterocycles. The summed E-state index contributed by atoms with van der Waals surface area (Å²) in [6.07, 6.45) is 1.08. The largest absolute Gasteiger partial charge is 0.391 e. The molecule has 0 spiro atoms. The van der Waals surface area contributed by atoms with Crippen molar-refractivity contribution in [1.29, 1.82) is 0 Å². The third-order valence-electron chi connectivity index (χ3n) is 2.94. The van der Waals surface area contributed by atoms with Crippen LogP contribution in [-0.4, -0.2) is 41.4 Å². The number of hydrogen-bond acceptors (Lipinski definition) is 7. The number of fused-ring (bicyclic) bond motifs is 1. The summed E-state index contributed by atoms with van der Waals surface area (Å²) in [6.45, 7) is 3.05. The fraction of sp³-hybridized carbons (Fsp3) is 0.538. The molecule has 2 aromatic rings. The van der Waals surface area contributed by atoms with Crippen LogP contribution in [0, 0.1) is 0 Å². The number of thiophene rings is 1. The molecule has 4 N–H and O–H groups in total. The Balaban J connectivity index is 2.10. The van der Waals surface area contributed by atoms with Crippen molar-refractivity contribution in [1.82, 2.24) is 9.97 Å². The normalized spacial score (nSPS) is 12.8. The van der Waals surface area contributed by atoms with Crippen molar-refractivity contribution < 1.29 is 9.84 Å². The molecular formula is C13H20N4O2S. The highest BCUT2D eigenvalue weighted by atomic mass is 32.1. The van der Waals surface area contributed by atoms with Crippen LogP contribution in [0.3, 0.4) is 0 Å². The van der Waals surface area contributed by atoms with Crippen molar-refractivity contribution in [3.8, 4) is 0 Å². The van der Waals surface area contributed by atoms with Gasteiger partial charge in [-0.3, -0.25) is 0 Å². The number of nitrogens with one attached hydrogen (secondary N) is 1. The molecule has 0 fully saturated rings. The lowest BCUT2D eigenvalue weighted by molar-refractivity contribution is 0.0615. The van der Waals surface area contributed by atoms with Gasteiger partial charge in [-0.05, 0) is 18.9 Å². The number of methoxy groups -OCH3 is 1. The molecule has 110 valence electrons. The Bertz CT molecular complexity index is 573. The second-order valence-corrected chi connectivity index (χ2v) is 5.66. The van der Waals surface area contributed by atoms with E-state index in [2.05, 4.69) is 28.3 Å². The van der Waals surface area contributed by atoms with Gasteiger partial charge in [0.1, 0.15) is 10.6 Å². The van der Waals surface area contributed by atoms with E-state index in [1.807, 2.05) is 0 Å². The van der Waals surface area contributed by atoms with Gasteiger partial charge in [0, 0.05) is 18.5 Å². The molecule has 0 aliphatic carbocycles. The number of nitrogens with zero attached hydrogens (tertiary/aromatic N) is 2. The number of nitrogens with two attached hydrogens (primary N) is 1. The lowest BCUT2D eigenvalue weighted by atomic mass is 10.2. The van der Waals surface area contributed by atoms with E-state index in [1.54, 1.807) is 18.4 Å². The van der Waals surface area contributed by atoms with E-state index in [9.17, 15) is 5.11 Å². The predicted octanol–water partition coefficient (Wildman–Crippen LogP) is 1.65. The first kappa shape index (κ1) is 15.0. The number of aromatic nitrogens is 2. The van der Waals surface area contributed by atoms with Gasteiger partial charge in [-0.15, -0.1) is 11.3 Å². The summed E-state index contributed by atoms with van der Waals surface area (Å²) in [6, 6.07) is 2.09. The van der Waals surface area contributed by atoms with Gasteiger partial charge in [0.2, 0.25) is 5.95 Å². The van der Waals surface area contributed by atoms with Crippen LogP contribution in [0.5, 0.6) is 0 Å². The average molecular weight is 296 g/mol. The molecule has 0 bridgehead atoms. The first-order valence-electron chi connectivity index (χ1n) is 6.60. The molecule has 1 atom stereocenters. The standard InChI is InChI=1S/C13H20N4O2S/c1-3-9-6-10-11(15-5-4-8(18)7-19-2)16-13(14)17-12(10)20-9/h6,8,18H,3-5,7H2,1-2H3,(H3,14,15,16,17). The van der Waals surface area contributed by atoms with Crippen LogP contribution in [0.1, 0.15) is 18.2 Å². The van der Waals surface area contributed by atoms with Crippen LogP contribution >= 0.6 is 11.3 Å². The van der Waals surface area contributed by atoms with E-state index in [1.165, 1.54) is 4.88 Å². The topological polar surface area (TPSA) is 93.3 Å². The third kappa shape index (κ3) is 3.56.